The zero-order valence-electron chi connectivity index (χ0n) is 12.9. The zero-order chi connectivity index (χ0) is 14.7. The molecule has 0 bridgehead atoms. The highest BCUT2D eigenvalue weighted by molar-refractivity contribution is 5.84. The highest BCUT2D eigenvalue weighted by Gasteiger charge is 2.38. The summed E-state index contributed by atoms with van der Waals surface area (Å²) in [7, 11) is 0. The standard InChI is InChI=1S/C18H26N2O/c1-2-15(14-8-4-3-5-9-14)18(21)20-13-7-11-17(20)16-10-6-12-19-16/h3-5,8-9,15-17,19H,2,6-7,10-13H2,1H3. The normalized spacial score (nSPS) is 27.0. The fourth-order valence-corrected chi connectivity index (χ4v) is 3.96. The molecule has 2 aliphatic rings. The second-order valence-electron chi connectivity index (χ2n) is 6.32. The molecular weight excluding hydrogens is 260 g/mol. The molecule has 0 aromatic heterocycles. The van der Waals surface area contributed by atoms with Crippen molar-refractivity contribution in [3.8, 4) is 0 Å². The molecule has 3 nitrogen and oxygen atoms in total. The number of carbonyl (C=O) groups is 1. The first-order chi connectivity index (χ1) is 10.3. The number of hydrogen-bond donors (Lipinski definition) is 1. The topological polar surface area (TPSA) is 32.3 Å². The van der Waals surface area contributed by atoms with Gasteiger partial charge in [-0.1, -0.05) is 37.3 Å². The van der Waals surface area contributed by atoms with Gasteiger partial charge in [-0.25, -0.2) is 0 Å². The number of rotatable bonds is 4. The largest absolute Gasteiger partial charge is 0.338 e. The van der Waals surface area contributed by atoms with E-state index in [2.05, 4.69) is 29.3 Å². The molecule has 2 heterocycles. The van der Waals surface area contributed by atoms with E-state index in [9.17, 15) is 4.79 Å². The molecule has 2 aliphatic heterocycles. The van der Waals surface area contributed by atoms with Gasteiger partial charge < -0.3 is 10.2 Å². The molecule has 1 N–H and O–H groups in total. The summed E-state index contributed by atoms with van der Waals surface area (Å²) in [6, 6.07) is 11.2. The number of hydrogen-bond acceptors (Lipinski definition) is 2. The maximum absolute atomic E-state index is 13.0. The second-order valence-corrected chi connectivity index (χ2v) is 6.32. The van der Waals surface area contributed by atoms with Crippen LogP contribution in [0.4, 0.5) is 0 Å². The van der Waals surface area contributed by atoms with Crippen molar-refractivity contribution in [1.29, 1.82) is 0 Å². The van der Waals surface area contributed by atoms with Crippen LogP contribution in [0.1, 0.15) is 50.5 Å². The van der Waals surface area contributed by atoms with E-state index in [4.69, 9.17) is 0 Å². The SMILES string of the molecule is CCC(C(=O)N1CCCC1C1CCCN1)c1ccccc1. The molecule has 2 fully saturated rings. The third-order valence-corrected chi connectivity index (χ3v) is 5.05. The molecule has 1 amide bonds. The van der Waals surface area contributed by atoms with Crippen molar-refractivity contribution in [3.63, 3.8) is 0 Å². The Morgan fingerprint density at radius 2 is 2.10 bits per heavy atom. The number of likely N-dealkylation sites (tertiary alicyclic amines) is 1. The van der Waals surface area contributed by atoms with Crippen LogP contribution in [0.3, 0.4) is 0 Å². The fourth-order valence-electron chi connectivity index (χ4n) is 3.96. The summed E-state index contributed by atoms with van der Waals surface area (Å²) in [5, 5.41) is 3.59. The molecule has 1 aromatic rings. The van der Waals surface area contributed by atoms with Gasteiger partial charge in [0.15, 0.2) is 0 Å². The van der Waals surface area contributed by atoms with E-state index in [0.29, 0.717) is 18.0 Å². The Hall–Kier alpha value is -1.35. The van der Waals surface area contributed by atoms with Crippen LogP contribution in [0.15, 0.2) is 30.3 Å². The predicted octanol–water partition coefficient (Wildman–Crippen LogP) is 2.92. The second kappa shape index (κ2) is 6.61. The summed E-state index contributed by atoms with van der Waals surface area (Å²) in [6.45, 7) is 4.17. The highest BCUT2D eigenvalue weighted by atomic mass is 16.2. The summed E-state index contributed by atoms with van der Waals surface area (Å²) < 4.78 is 0. The summed E-state index contributed by atoms with van der Waals surface area (Å²) in [5.74, 6) is 0.355. The Kier molecular flexibility index (Phi) is 4.59. The van der Waals surface area contributed by atoms with E-state index in [1.165, 1.54) is 12.8 Å². The van der Waals surface area contributed by atoms with Crippen LogP contribution in [0.25, 0.3) is 0 Å². The maximum atomic E-state index is 13.0. The number of benzene rings is 1. The van der Waals surface area contributed by atoms with Crippen LogP contribution in [0.5, 0.6) is 0 Å². The van der Waals surface area contributed by atoms with Crippen molar-refractivity contribution in [2.24, 2.45) is 0 Å². The lowest BCUT2D eigenvalue weighted by Crippen LogP contribution is -2.48. The van der Waals surface area contributed by atoms with Gasteiger partial charge in [0.1, 0.15) is 0 Å². The maximum Gasteiger partial charge on any atom is 0.230 e. The predicted molar refractivity (Wildman–Crippen MR) is 85.2 cm³/mol. The first-order valence-corrected chi connectivity index (χ1v) is 8.40. The van der Waals surface area contributed by atoms with Gasteiger partial charge in [-0.2, -0.15) is 0 Å². The summed E-state index contributed by atoms with van der Waals surface area (Å²) >= 11 is 0. The van der Waals surface area contributed by atoms with E-state index in [1.54, 1.807) is 0 Å². The molecule has 3 heteroatoms. The number of nitrogens with one attached hydrogen (secondary N) is 1. The number of nitrogens with zero attached hydrogens (tertiary/aromatic N) is 1. The monoisotopic (exact) mass is 286 g/mol. The minimum absolute atomic E-state index is 0.0215. The van der Waals surface area contributed by atoms with E-state index in [-0.39, 0.29) is 5.92 Å². The lowest BCUT2D eigenvalue weighted by atomic mass is 9.94. The molecule has 114 valence electrons. The lowest BCUT2D eigenvalue weighted by molar-refractivity contribution is -0.134. The molecule has 0 saturated carbocycles. The molecule has 3 rings (SSSR count). The highest BCUT2D eigenvalue weighted by Crippen LogP contribution is 2.30. The minimum Gasteiger partial charge on any atom is -0.338 e. The van der Waals surface area contributed by atoms with Crippen LogP contribution in [0.2, 0.25) is 0 Å². The van der Waals surface area contributed by atoms with Crippen molar-refractivity contribution in [2.45, 2.75) is 57.0 Å². The van der Waals surface area contributed by atoms with Crippen molar-refractivity contribution in [2.75, 3.05) is 13.1 Å². The van der Waals surface area contributed by atoms with Gasteiger partial charge in [-0.3, -0.25) is 4.79 Å². The first kappa shape index (κ1) is 14.6. The summed E-state index contributed by atoms with van der Waals surface area (Å²) in [4.78, 5) is 15.2. The van der Waals surface area contributed by atoms with Crippen molar-refractivity contribution < 1.29 is 4.79 Å². The Balaban J connectivity index is 1.76. The van der Waals surface area contributed by atoms with E-state index >= 15 is 0 Å². The molecule has 0 radical (unpaired) electrons. The third-order valence-electron chi connectivity index (χ3n) is 5.05. The summed E-state index contributed by atoms with van der Waals surface area (Å²) in [6.07, 6.45) is 5.66. The quantitative estimate of drug-likeness (QED) is 0.923. The molecule has 1 aromatic carbocycles. The van der Waals surface area contributed by atoms with Crippen molar-refractivity contribution in [3.05, 3.63) is 35.9 Å². The zero-order valence-corrected chi connectivity index (χ0v) is 12.9. The average molecular weight is 286 g/mol. The van der Waals surface area contributed by atoms with E-state index in [1.807, 2.05) is 18.2 Å². The minimum atomic E-state index is 0.0215. The Morgan fingerprint density at radius 3 is 2.76 bits per heavy atom. The van der Waals surface area contributed by atoms with Crippen molar-refractivity contribution in [1.82, 2.24) is 10.2 Å². The molecule has 0 aliphatic carbocycles. The Morgan fingerprint density at radius 1 is 1.29 bits per heavy atom. The third kappa shape index (κ3) is 2.98. The van der Waals surface area contributed by atoms with Gasteiger partial charge in [-0.15, -0.1) is 0 Å². The van der Waals surface area contributed by atoms with Crippen LogP contribution in [-0.2, 0) is 4.79 Å². The van der Waals surface area contributed by atoms with Crippen LogP contribution in [0, 0.1) is 0 Å². The Labute approximate surface area is 127 Å². The van der Waals surface area contributed by atoms with Gasteiger partial charge in [0, 0.05) is 18.6 Å². The van der Waals surface area contributed by atoms with Crippen LogP contribution >= 0.6 is 0 Å². The van der Waals surface area contributed by atoms with Crippen LogP contribution in [-0.4, -0.2) is 36.0 Å². The van der Waals surface area contributed by atoms with E-state index in [0.717, 1.165) is 37.9 Å². The Bertz CT molecular complexity index is 467. The molecule has 3 atom stereocenters. The average Bonchev–Trinajstić information content (AvgIpc) is 3.20. The molecular formula is C18H26N2O. The van der Waals surface area contributed by atoms with Gasteiger partial charge in [0.25, 0.3) is 0 Å². The summed E-state index contributed by atoms with van der Waals surface area (Å²) in [5.41, 5.74) is 1.16. The number of amides is 1. The van der Waals surface area contributed by atoms with Gasteiger partial charge >= 0.3 is 0 Å². The molecule has 0 spiro atoms. The fraction of sp³-hybridized carbons (Fsp3) is 0.611. The van der Waals surface area contributed by atoms with Crippen molar-refractivity contribution >= 4 is 5.91 Å². The lowest BCUT2D eigenvalue weighted by Gasteiger charge is -2.32. The van der Waals surface area contributed by atoms with Gasteiger partial charge in [-0.05, 0) is 44.2 Å². The molecule has 21 heavy (non-hydrogen) atoms. The van der Waals surface area contributed by atoms with Crippen LogP contribution < -0.4 is 5.32 Å². The smallest absolute Gasteiger partial charge is 0.230 e. The molecule has 2 saturated heterocycles. The first-order valence-electron chi connectivity index (χ1n) is 8.40. The van der Waals surface area contributed by atoms with E-state index < -0.39 is 0 Å². The molecule has 3 unspecified atom stereocenters. The number of carbonyl (C=O) groups excluding carboxylic acids is 1. The van der Waals surface area contributed by atoms with Gasteiger partial charge in [0.05, 0.1) is 5.92 Å². The van der Waals surface area contributed by atoms with Gasteiger partial charge in [0.2, 0.25) is 5.91 Å².